The van der Waals surface area contributed by atoms with Crippen molar-refractivity contribution in [2.75, 3.05) is 12.4 Å². The van der Waals surface area contributed by atoms with E-state index in [4.69, 9.17) is 4.74 Å². The number of amides is 2. The number of halogens is 1. The first-order chi connectivity index (χ1) is 13.6. The first-order valence-corrected chi connectivity index (χ1v) is 9.43. The minimum Gasteiger partial charge on any atom is -0.496 e. The van der Waals surface area contributed by atoms with Crippen molar-refractivity contribution in [3.63, 3.8) is 0 Å². The normalized spacial score (nSPS) is 10.2. The van der Waals surface area contributed by atoms with E-state index in [1.807, 2.05) is 30.3 Å². The summed E-state index contributed by atoms with van der Waals surface area (Å²) in [7, 11) is 1.52. The van der Waals surface area contributed by atoms with Gasteiger partial charge in [0.2, 0.25) is 0 Å². The highest BCUT2D eigenvalue weighted by atomic mass is 79.9. The molecule has 3 aromatic carbocycles. The lowest BCUT2D eigenvalue weighted by Gasteiger charge is -2.10. The van der Waals surface area contributed by atoms with Crippen LogP contribution < -0.4 is 15.4 Å². The quantitative estimate of drug-likeness (QED) is 0.588. The largest absolute Gasteiger partial charge is 0.496 e. The van der Waals surface area contributed by atoms with Crippen molar-refractivity contribution < 1.29 is 14.3 Å². The number of rotatable bonds is 6. The summed E-state index contributed by atoms with van der Waals surface area (Å²) in [6.07, 6.45) is 0. The number of hydrogen-bond acceptors (Lipinski definition) is 3. The molecular weight excluding hydrogens is 420 g/mol. The number of ether oxygens (including phenoxy) is 1. The summed E-state index contributed by atoms with van der Waals surface area (Å²) < 4.78 is 6.02. The highest BCUT2D eigenvalue weighted by Gasteiger charge is 2.13. The van der Waals surface area contributed by atoms with Crippen molar-refractivity contribution in [1.82, 2.24) is 5.32 Å². The van der Waals surface area contributed by atoms with Crippen LogP contribution in [-0.4, -0.2) is 18.9 Å². The van der Waals surface area contributed by atoms with Gasteiger partial charge in [-0.25, -0.2) is 0 Å². The van der Waals surface area contributed by atoms with E-state index in [0.717, 1.165) is 10.0 Å². The lowest BCUT2D eigenvalue weighted by Crippen LogP contribution is -2.22. The first-order valence-electron chi connectivity index (χ1n) is 8.64. The van der Waals surface area contributed by atoms with Crippen LogP contribution in [0.4, 0.5) is 5.69 Å². The number of anilines is 1. The molecule has 2 amide bonds. The second-order valence-electron chi connectivity index (χ2n) is 6.04. The molecule has 0 radical (unpaired) electrons. The number of methoxy groups -OCH3 is 1. The van der Waals surface area contributed by atoms with Gasteiger partial charge in [-0.15, -0.1) is 0 Å². The summed E-state index contributed by atoms with van der Waals surface area (Å²) in [6.45, 7) is 0.459. The smallest absolute Gasteiger partial charge is 0.259 e. The fourth-order valence-electron chi connectivity index (χ4n) is 2.64. The van der Waals surface area contributed by atoms with Crippen molar-refractivity contribution in [3.8, 4) is 5.75 Å². The Labute approximate surface area is 171 Å². The lowest BCUT2D eigenvalue weighted by molar-refractivity contribution is 0.0950. The van der Waals surface area contributed by atoms with Gasteiger partial charge in [-0.05, 0) is 48.0 Å². The molecule has 0 unspecified atom stereocenters. The molecule has 3 aromatic rings. The summed E-state index contributed by atoms with van der Waals surface area (Å²) in [5, 5.41) is 5.69. The molecule has 0 spiro atoms. The molecule has 0 saturated carbocycles. The van der Waals surface area contributed by atoms with Crippen molar-refractivity contribution >= 4 is 33.4 Å². The minimum absolute atomic E-state index is 0.171. The molecule has 0 heterocycles. The van der Waals surface area contributed by atoms with Gasteiger partial charge >= 0.3 is 0 Å². The van der Waals surface area contributed by atoms with E-state index in [2.05, 4.69) is 26.6 Å². The zero-order valence-electron chi connectivity index (χ0n) is 15.2. The maximum atomic E-state index is 12.5. The molecule has 0 atom stereocenters. The fraction of sp³-hybridized carbons (Fsp3) is 0.0909. The monoisotopic (exact) mass is 438 g/mol. The maximum Gasteiger partial charge on any atom is 0.259 e. The Morgan fingerprint density at radius 1 is 0.929 bits per heavy atom. The molecule has 0 bridgehead atoms. The number of carbonyl (C=O) groups is 2. The van der Waals surface area contributed by atoms with Gasteiger partial charge in [0.15, 0.2) is 0 Å². The molecule has 6 heteroatoms. The molecule has 5 nitrogen and oxygen atoms in total. The Morgan fingerprint density at radius 3 is 2.32 bits per heavy atom. The summed E-state index contributed by atoms with van der Waals surface area (Å²) in [5.74, 6) is 0.0208. The summed E-state index contributed by atoms with van der Waals surface area (Å²) in [6, 6.07) is 21.7. The Hall–Kier alpha value is -3.12. The van der Waals surface area contributed by atoms with Gasteiger partial charge in [-0.1, -0.05) is 46.3 Å². The van der Waals surface area contributed by atoms with Gasteiger partial charge in [-0.2, -0.15) is 0 Å². The van der Waals surface area contributed by atoms with Gasteiger partial charge in [0, 0.05) is 22.3 Å². The van der Waals surface area contributed by atoms with Crippen molar-refractivity contribution in [2.45, 2.75) is 6.54 Å². The van der Waals surface area contributed by atoms with Gasteiger partial charge in [-0.3, -0.25) is 9.59 Å². The molecule has 28 heavy (non-hydrogen) atoms. The summed E-state index contributed by atoms with van der Waals surface area (Å²) >= 11 is 3.36. The van der Waals surface area contributed by atoms with E-state index in [9.17, 15) is 9.59 Å². The third-order valence-electron chi connectivity index (χ3n) is 4.11. The van der Waals surface area contributed by atoms with Crippen molar-refractivity contribution in [1.29, 1.82) is 0 Å². The van der Waals surface area contributed by atoms with Gasteiger partial charge in [0.1, 0.15) is 5.75 Å². The SMILES string of the molecule is COc1ccc(Br)cc1C(=O)Nc1ccc(C(=O)NCc2ccccc2)cc1. The van der Waals surface area contributed by atoms with Crippen LogP contribution in [0.25, 0.3) is 0 Å². The van der Waals surface area contributed by atoms with Crippen LogP contribution in [0.3, 0.4) is 0 Å². The van der Waals surface area contributed by atoms with Crippen LogP contribution in [-0.2, 0) is 6.54 Å². The van der Waals surface area contributed by atoms with Crippen LogP contribution in [0.15, 0.2) is 77.3 Å². The second-order valence-corrected chi connectivity index (χ2v) is 6.96. The van der Waals surface area contributed by atoms with Gasteiger partial charge in [0.05, 0.1) is 12.7 Å². The average Bonchev–Trinajstić information content (AvgIpc) is 2.73. The maximum absolute atomic E-state index is 12.5. The van der Waals surface area contributed by atoms with Crippen LogP contribution in [0.5, 0.6) is 5.75 Å². The van der Waals surface area contributed by atoms with Crippen LogP contribution in [0, 0.1) is 0 Å². The van der Waals surface area contributed by atoms with Crippen LogP contribution in [0.1, 0.15) is 26.3 Å². The predicted octanol–water partition coefficient (Wildman–Crippen LogP) is 4.64. The number of nitrogens with one attached hydrogen (secondary N) is 2. The van der Waals surface area contributed by atoms with Crippen molar-refractivity contribution in [3.05, 3.63) is 94.0 Å². The van der Waals surface area contributed by atoms with E-state index in [1.165, 1.54) is 7.11 Å². The predicted molar refractivity (Wildman–Crippen MR) is 113 cm³/mol. The zero-order chi connectivity index (χ0) is 19.9. The second kappa shape index (κ2) is 9.19. The Morgan fingerprint density at radius 2 is 1.64 bits per heavy atom. The van der Waals surface area contributed by atoms with Crippen LogP contribution in [0.2, 0.25) is 0 Å². The molecule has 0 aliphatic rings. The van der Waals surface area contributed by atoms with Gasteiger partial charge < -0.3 is 15.4 Å². The molecule has 0 aliphatic heterocycles. The van der Waals surface area contributed by atoms with Gasteiger partial charge in [0.25, 0.3) is 11.8 Å². The topological polar surface area (TPSA) is 67.4 Å². The Bertz CT molecular complexity index is 973. The number of carbonyl (C=O) groups excluding carboxylic acids is 2. The molecule has 3 rings (SSSR count). The first kappa shape index (κ1) is 19.6. The van der Waals surface area contributed by atoms with E-state index < -0.39 is 0 Å². The summed E-state index contributed by atoms with van der Waals surface area (Å²) in [4.78, 5) is 24.8. The fourth-order valence-corrected chi connectivity index (χ4v) is 3.00. The molecule has 0 fully saturated rings. The highest BCUT2D eigenvalue weighted by Crippen LogP contribution is 2.24. The highest BCUT2D eigenvalue weighted by molar-refractivity contribution is 9.10. The molecule has 2 N–H and O–H groups in total. The zero-order valence-corrected chi connectivity index (χ0v) is 16.8. The number of benzene rings is 3. The van der Waals surface area contributed by atoms with E-state index >= 15 is 0 Å². The van der Waals surface area contributed by atoms with E-state index in [1.54, 1.807) is 42.5 Å². The third kappa shape index (κ3) is 4.98. The minimum atomic E-state index is -0.292. The molecule has 0 saturated heterocycles. The Balaban J connectivity index is 1.63. The van der Waals surface area contributed by atoms with Crippen molar-refractivity contribution in [2.24, 2.45) is 0 Å². The van der Waals surface area contributed by atoms with E-state index in [-0.39, 0.29) is 11.8 Å². The average molecular weight is 439 g/mol. The lowest BCUT2D eigenvalue weighted by atomic mass is 10.1. The molecule has 0 aliphatic carbocycles. The molecule has 0 aromatic heterocycles. The van der Waals surface area contributed by atoms with E-state index in [0.29, 0.717) is 29.1 Å². The van der Waals surface area contributed by atoms with Crippen LogP contribution >= 0.6 is 15.9 Å². The number of hydrogen-bond donors (Lipinski definition) is 2. The summed E-state index contributed by atoms with van der Waals surface area (Å²) in [5.41, 5.74) is 2.56. The molecular formula is C22H19BrN2O3. The molecule has 142 valence electrons. The third-order valence-corrected chi connectivity index (χ3v) is 4.60. The standard InChI is InChI=1S/C22H19BrN2O3/c1-28-20-12-9-17(23)13-19(20)22(27)25-18-10-7-16(8-11-18)21(26)24-14-15-5-3-2-4-6-15/h2-13H,14H2,1H3,(H,24,26)(H,25,27). The Kier molecular flexibility index (Phi) is 6.45.